The lowest BCUT2D eigenvalue weighted by Gasteiger charge is -2.07. The van der Waals surface area contributed by atoms with Crippen LogP contribution < -0.4 is 5.32 Å². The molecule has 3 aromatic rings. The normalized spacial score (nSPS) is 10.6. The summed E-state index contributed by atoms with van der Waals surface area (Å²) in [5.41, 5.74) is 2.26. The maximum atomic E-state index is 12.1. The van der Waals surface area contributed by atoms with Gasteiger partial charge in [0.15, 0.2) is 0 Å². The molecule has 0 unspecified atom stereocenters. The average Bonchev–Trinajstić information content (AvgIpc) is 3.12. The minimum Gasteiger partial charge on any atom is -0.423 e. The Kier molecular flexibility index (Phi) is 3.19. The van der Waals surface area contributed by atoms with Crippen molar-refractivity contribution in [1.82, 2.24) is 25.4 Å². The number of benzene rings is 1. The van der Waals surface area contributed by atoms with E-state index in [9.17, 15) is 4.79 Å². The maximum Gasteiger partial charge on any atom is 0.295 e. The molecule has 106 valence electrons. The monoisotopic (exact) mass is 284 g/mol. The van der Waals surface area contributed by atoms with E-state index in [1.165, 1.54) is 6.39 Å². The van der Waals surface area contributed by atoms with Crippen LogP contribution in [0.15, 0.2) is 29.0 Å². The standard InChI is InChI=1S/C13H12N6O2/c1-7-3-4-9(13-19-14-6-21-13)5-10(7)16-12(20)11-15-8(2)17-18-11/h3-6H,1-2H3,(H,16,20)(H,15,17,18). The molecule has 0 atom stereocenters. The smallest absolute Gasteiger partial charge is 0.295 e. The molecule has 0 fully saturated rings. The van der Waals surface area contributed by atoms with Gasteiger partial charge in [0.2, 0.25) is 18.1 Å². The molecule has 2 N–H and O–H groups in total. The predicted molar refractivity (Wildman–Crippen MR) is 73.5 cm³/mol. The van der Waals surface area contributed by atoms with Crippen molar-refractivity contribution in [2.24, 2.45) is 0 Å². The lowest BCUT2D eigenvalue weighted by Crippen LogP contribution is -2.14. The number of nitrogens with zero attached hydrogens (tertiary/aromatic N) is 4. The number of hydrogen-bond donors (Lipinski definition) is 2. The molecule has 8 heteroatoms. The van der Waals surface area contributed by atoms with Crippen molar-refractivity contribution in [1.29, 1.82) is 0 Å². The average molecular weight is 284 g/mol. The zero-order chi connectivity index (χ0) is 14.8. The summed E-state index contributed by atoms with van der Waals surface area (Å²) in [7, 11) is 0. The van der Waals surface area contributed by atoms with Crippen molar-refractivity contribution in [2.45, 2.75) is 13.8 Å². The summed E-state index contributed by atoms with van der Waals surface area (Å²) < 4.78 is 5.14. The Morgan fingerprint density at radius 1 is 1.33 bits per heavy atom. The fourth-order valence-corrected chi connectivity index (χ4v) is 1.81. The van der Waals surface area contributed by atoms with E-state index in [1.54, 1.807) is 13.0 Å². The molecule has 2 aromatic heterocycles. The topological polar surface area (TPSA) is 110 Å². The van der Waals surface area contributed by atoms with Gasteiger partial charge in [-0.3, -0.25) is 9.89 Å². The number of hydrogen-bond acceptors (Lipinski definition) is 6. The third-order valence-electron chi connectivity index (χ3n) is 2.89. The van der Waals surface area contributed by atoms with E-state index >= 15 is 0 Å². The second kappa shape index (κ2) is 5.16. The zero-order valence-electron chi connectivity index (χ0n) is 11.4. The minimum atomic E-state index is -0.384. The highest BCUT2D eigenvalue weighted by Crippen LogP contribution is 2.24. The molecule has 8 nitrogen and oxygen atoms in total. The Bertz CT molecular complexity index is 778. The SMILES string of the molecule is Cc1nc(C(=O)Nc2cc(-c3nnco3)ccc2C)n[nH]1. The molecule has 0 aliphatic heterocycles. The quantitative estimate of drug-likeness (QED) is 0.757. The molecule has 3 rings (SSSR count). The van der Waals surface area contributed by atoms with Crippen LogP contribution in [0.25, 0.3) is 11.5 Å². The number of aromatic amines is 1. The Morgan fingerprint density at radius 2 is 2.19 bits per heavy atom. The number of amides is 1. The summed E-state index contributed by atoms with van der Waals surface area (Å²) in [6.07, 6.45) is 1.25. The number of carbonyl (C=O) groups excluding carboxylic acids is 1. The minimum absolute atomic E-state index is 0.0927. The summed E-state index contributed by atoms with van der Waals surface area (Å²) in [4.78, 5) is 16.1. The van der Waals surface area contributed by atoms with Gasteiger partial charge in [0.05, 0.1) is 0 Å². The summed E-state index contributed by atoms with van der Waals surface area (Å²) >= 11 is 0. The molecule has 0 bridgehead atoms. The summed E-state index contributed by atoms with van der Waals surface area (Å²) in [6.45, 7) is 3.61. The van der Waals surface area contributed by atoms with Crippen molar-refractivity contribution >= 4 is 11.6 Å². The highest BCUT2D eigenvalue weighted by molar-refractivity contribution is 6.02. The number of carbonyl (C=O) groups is 1. The molecular weight excluding hydrogens is 272 g/mol. The molecule has 2 heterocycles. The molecule has 0 saturated carbocycles. The predicted octanol–water partition coefficient (Wildman–Crippen LogP) is 1.72. The summed E-state index contributed by atoms with van der Waals surface area (Å²) in [5, 5.41) is 16.7. The van der Waals surface area contributed by atoms with Crippen molar-refractivity contribution < 1.29 is 9.21 Å². The Morgan fingerprint density at radius 3 is 2.86 bits per heavy atom. The molecule has 0 radical (unpaired) electrons. The number of aromatic nitrogens is 5. The van der Waals surface area contributed by atoms with Crippen LogP contribution in [0.1, 0.15) is 22.0 Å². The second-order valence-electron chi connectivity index (χ2n) is 4.47. The van der Waals surface area contributed by atoms with Gasteiger partial charge in [-0.1, -0.05) is 6.07 Å². The Balaban J connectivity index is 1.88. The van der Waals surface area contributed by atoms with Gasteiger partial charge in [-0.05, 0) is 31.5 Å². The van der Waals surface area contributed by atoms with Crippen LogP contribution in [0.2, 0.25) is 0 Å². The van der Waals surface area contributed by atoms with Gasteiger partial charge >= 0.3 is 0 Å². The molecule has 0 aliphatic carbocycles. The molecule has 0 saturated heterocycles. The van der Waals surface area contributed by atoms with Gasteiger partial charge in [-0.15, -0.1) is 15.3 Å². The summed E-state index contributed by atoms with van der Waals surface area (Å²) in [5.74, 6) is 0.677. The van der Waals surface area contributed by atoms with Crippen LogP contribution in [0.3, 0.4) is 0 Å². The van der Waals surface area contributed by atoms with Gasteiger partial charge < -0.3 is 9.73 Å². The highest BCUT2D eigenvalue weighted by atomic mass is 16.4. The zero-order valence-corrected chi connectivity index (χ0v) is 11.4. The van der Waals surface area contributed by atoms with Crippen molar-refractivity contribution in [2.75, 3.05) is 5.32 Å². The number of nitrogens with one attached hydrogen (secondary N) is 2. The van der Waals surface area contributed by atoms with Crippen LogP contribution in [-0.2, 0) is 0 Å². The van der Waals surface area contributed by atoms with Crippen molar-refractivity contribution in [3.63, 3.8) is 0 Å². The van der Waals surface area contributed by atoms with Gasteiger partial charge in [-0.2, -0.15) is 0 Å². The largest absolute Gasteiger partial charge is 0.423 e. The lowest BCUT2D eigenvalue weighted by molar-refractivity contribution is 0.101. The van der Waals surface area contributed by atoms with E-state index < -0.39 is 0 Å². The molecule has 21 heavy (non-hydrogen) atoms. The van der Waals surface area contributed by atoms with Gasteiger partial charge in [0.25, 0.3) is 5.91 Å². The number of anilines is 1. The fraction of sp³-hybridized carbons (Fsp3) is 0.154. The second-order valence-corrected chi connectivity index (χ2v) is 4.47. The van der Waals surface area contributed by atoms with Crippen LogP contribution in [0.4, 0.5) is 5.69 Å². The Hall–Kier alpha value is -3.03. The highest BCUT2D eigenvalue weighted by Gasteiger charge is 2.14. The van der Waals surface area contributed by atoms with Crippen LogP contribution >= 0.6 is 0 Å². The number of H-pyrrole nitrogens is 1. The maximum absolute atomic E-state index is 12.1. The van der Waals surface area contributed by atoms with E-state index in [0.29, 0.717) is 17.4 Å². The van der Waals surface area contributed by atoms with Crippen LogP contribution in [0, 0.1) is 13.8 Å². The molecule has 0 spiro atoms. The van der Waals surface area contributed by atoms with Gasteiger partial charge in [-0.25, -0.2) is 4.98 Å². The number of rotatable bonds is 3. The van der Waals surface area contributed by atoms with E-state index in [2.05, 4.69) is 30.7 Å². The Labute approximate surface area is 119 Å². The molecular formula is C13H12N6O2. The van der Waals surface area contributed by atoms with E-state index in [1.807, 2.05) is 19.1 Å². The van der Waals surface area contributed by atoms with Crippen molar-refractivity contribution in [3.05, 3.63) is 41.8 Å². The van der Waals surface area contributed by atoms with E-state index in [4.69, 9.17) is 4.42 Å². The summed E-state index contributed by atoms with van der Waals surface area (Å²) in [6, 6.07) is 5.47. The first-order valence-corrected chi connectivity index (χ1v) is 6.21. The third-order valence-corrected chi connectivity index (χ3v) is 2.89. The van der Waals surface area contributed by atoms with Crippen LogP contribution in [-0.4, -0.2) is 31.3 Å². The van der Waals surface area contributed by atoms with E-state index in [0.717, 1.165) is 11.1 Å². The first-order chi connectivity index (χ1) is 10.1. The lowest BCUT2D eigenvalue weighted by atomic mass is 10.1. The van der Waals surface area contributed by atoms with Gasteiger partial charge in [0, 0.05) is 11.3 Å². The molecule has 1 aromatic carbocycles. The van der Waals surface area contributed by atoms with E-state index in [-0.39, 0.29) is 11.7 Å². The fourth-order valence-electron chi connectivity index (χ4n) is 1.81. The third kappa shape index (κ3) is 2.64. The first-order valence-electron chi connectivity index (χ1n) is 6.21. The number of aryl methyl sites for hydroxylation is 2. The van der Waals surface area contributed by atoms with Crippen LogP contribution in [0.5, 0.6) is 0 Å². The van der Waals surface area contributed by atoms with Gasteiger partial charge in [0.1, 0.15) is 5.82 Å². The molecule has 0 aliphatic rings. The van der Waals surface area contributed by atoms with Crippen molar-refractivity contribution in [3.8, 4) is 11.5 Å². The first kappa shape index (κ1) is 13.0. The molecule has 1 amide bonds.